The van der Waals surface area contributed by atoms with Gasteiger partial charge in [-0.05, 0) is 40.8 Å². The molecule has 30 heavy (non-hydrogen) atoms. The molecule has 1 aliphatic rings. The van der Waals surface area contributed by atoms with E-state index in [-0.39, 0.29) is 18.7 Å². The van der Waals surface area contributed by atoms with Crippen LogP contribution in [0.4, 0.5) is 10.1 Å². The topological polar surface area (TPSA) is 139 Å². The van der Waals surface area contributed by atoms with Crippen LogP contribution in [0.2, 0.25) is 0 Å². The van der Waals surface area contributed by atoms with E-state index in [1.807, 2.05) is 6.07 Å². The molecule has 0 radical (unpaired) electrons. The summed E-state index contributed by atoms with van der Waals surface area (Å²) in [5.74, 6) is -1.64. The Kier molecular flexibility index (Phi) is 6.57. The minimum atomic E-state index is -4.15. The molecule has 1 N–H and O–H groups in total. The van der Waals surface area contributed by atoms with Crippen LogP contribution in [0.15, 0.2) is 18.2 Å². The number of nitro groups is 1. The number of nitro benzene ring substituents is 1. The lowest BCUT2D eigenvalue weighted by Crippen LogP contribution is -2.66. The van der Waals surface area contributed by atoms with Crippen molar-refractivity contribution in [2.24, 2.45) is 0 Å². The van der Waals surface area contributed by atoms with E-state index in [1.54, 1.807) is 32.7 Å². The number of non-ortho nitro benzene ring substituents is 1. The van der Waals surface area contributed by atoms with E-state index in [9.17, 15) is 32.7 Å². The van der Waals surface area contributed by atoms with Gasteiger partial charge in [0.25, 0.3) is 5.69 Å². The highest BCUT2D eigenvalue weighted by molar-refractivity contribution is 7.93. The van der Waals surface area contributed by atoms with E-state index in [0.717, 1.165) is 18.2 Å². The predicted molar refractivity (Wildman–Crippen MR) is 111 cm³/mol. The van der Waals surface area contributed by atoms with Crippen LogP contribution in [0.5, 0.6) is 0 Å². The number of nitrogens with one attached hydrogen (secondary N) is 1. The first-order valence-electron chi connectivity index (χ1n) is 9.03. The lowest BCUT2D eigenvalue weighted by Gasteiger charge is -2.44. The second-order valence-electron chi connectivity index (χ2n) is 8.77. The maximum Gasteiger partial charge on any atom is 0.269 e. The highest BCUT2D eigenvalue weighted by Gasteiger charge is 2.56. The lowest BCUT2D eigenvalue weighted by molar-refractivity contribution is -0.385. The van der Waals surface area contributed by atoms with Gasteiger partial charge in [0, 0.05) is 42.1 Å². The summed E-state index contributed by atoms with van der Waals surface area (Å²) in [6.45, 7) is 6.23. The Morgan fingerprint density at radius 2 is 1.93 bits per heavy atom. The molecule has 0 unspecified atom stereocenters. The van der Waals surface area contributed by atoms with Crippen LogP contribution in [0, 0.1) is 27.3 Å². The molecule has 12 heteroatoms. The van der Waals surface area contributed by atoms with Crippen LogP contribution >= 0.6 is 0 Å². The number of nitriles is 1. The minimum Gasteiger partial charge on any atom is -0.598 e. The number of hydrogen-bond acceptors (Lipinski definition) is 8. The third-order valence-corrected chi connectivity index (χ3v) is 9.20. The van der Waals surface area contributed by atoms with E-state index >= 15 is 0 Å². The van der Waals surface area contributed by atoms with Gasteiger partial charge in [-0.1, -0.05) is 0 Å². The molecule has 0 aromatic heterocycles. The monoisotopic (exact) mass is 460 g/mol. The Hall–Kier alpha value is -1.78. The van der Waals surface area contributed by atoms with Gasteiger partial charge in [0.2, 0.25) is 0 Å². The minimum absolute atomic E-state index is 0.0122. The number of rotatable bonds is 7. The molecule has 0 spiro atoms. The summed E-state index contributed by atoms with van der Waals surface area (Å²) in [7, 11) is -2.49. The zero-order chi connectivity index (χ0) is 23.1. The van der Waals surface area contributed by atoms with Crippen molar-refractivity contribution in [2.45, 2.75) is 42.7 Å². The quantitative estimate of drug-likeness (QED) is 0.368. The molecule has 0 saturated carbocycles. The average Bonchev–Trinajstić information content (AvgIpc) is 2.57. The molecule has 1 aromatic rings. The van der Waals surface area contributed by atoms with Gasteiger partial charge < -0.3 is 9.45 Å². The van der Waals surface area contributed by atoms with Gasteiger partial charge in [0.15, 0.2) is 14.6 Å². The fourth-order valence-corrected chi connectivity index (χ4v) is 6.48. The van der Waals surface area contributed by atoms with Crippen LogP contribution in [0.3, 0.4) is 0 Å². The Bertz CT molecular complexity index is 983. The van der Waals surface area contributed by atoms with Crippen molar-refractivity contribution in [3.63, 3.8) is 0 Å². The fraction of sp³-hybridized carbons (Fsp3) is 0.611. The van der Waals surface area contributed by atoms with E-state index in [2.05, 4.69) is 4.72 Å². The van der Waals surface area contributed by atoms with Crippen LogP contribution in [0.1, 0.15) is 33.3 Å². The highest BCUT2D eigenvalue weighted by Crippen LogP contribution is 2.36. The smallest absolute Gasteiger partial charge is 0.269 e. The molecular weight excluding hydrogens is 435 g/mol. The third kappa shape index (κ3) is 4.60. The zero-order valence-corrected chi connectivity index (χ0v) is 19.1. The summed E-state index contributed by atoms with van der Waals surface area (Å²) in [6.07, 6.45) is 0. The molecule has 0 bridgehead atoms. The molecule has 2 rings (SSSR count). The summed E-state index contributed by atoms with van der Waals surface area (Å²) in [5, 5.41) is 20.7. The van der Waals surface area contributed by atoms with Crippen molar-refractivity contribution in [2.75, 3.05) is 25.9 Å². The van der Waals surface area contributed by atoms with Crippen LogP contribution < -0.4 is 4.72 Å². The van der Waals surface area contributed by atoms with Gasteiger partial charge in [-0.2, -0.15) is 5.26 Å². The first-order chi connectivity index (χ1) is 13.6. The molecule has 1 heterocycles. The van der Waals surface area contributed by atoms with Crippen molar-refractivity contribution in [1.82, 2.24) is 9.62 Å². The Morgan fingerprint density at radius 1 is 1.37 bits per heavy atom. The summed E-state index contributed by atoms with van der Waals surface area (Å²) < 4.78 is 54.2. The summed E-state index contributed by atoms with van der Waals surface area (Å²) in [4.78, 5) is 12.1. The highest BCUT2D eigenvalue weighted by atomic mass is 32.2. The molecule has 9 nitrogen and oxygen atoms in total. The molecule has 1 aliphatic heterocycles. The van der Waals surface area contributed by atoms with Crippen LogP contribution in [-0.2, 0) is 26.7 Å². The van der Waals surface area contributed by atoms with E-state index in [4.69, 9.17) is 0 Å². The van der Waals surface area contributed by atoms with Gasteiger partial charge in [-0.15, -0.1) is 4.72 Å². The first-order valence-corrected chi connectivity index (χ1v) is 11.8. The van der Waals surface area contributed by atoms with Crippen molar-refractivity contribution in [3.05, 3.63) is 39.7 Å². The van der Waals surface area contributed by atoms with Gasteiger partial charge in [-0.25, -0.2) is 12.8 Å². The largest absolute Gasteiger partial charge is 0.598 e. The summed E-state index contributed by atoms with van der Waals surface area (Å²) in [6, 6.07) is 4.62. The molecule has 2 atom stereocenters. The van der Waals surface area contributed by atoms with Crippen LogP contribution in [0.25, 0.3) is 0 Å². The molecule has 166 valence electrons. The van der Waals surface area contributed by atoms with Crippen LogP contribution in [-0.4, -0.2) is 58.2 Å². The maximum absolute atomic E-state index is 14.8. The summed E-state index contributed by atoms with van der Waals surface area (Å²) >= 11 is -1.83. The molecule has 1 fully saturated rings. The number of nitrogens with zero attached hydrogens (tertiary/aromatic N) is 3. The SMILES string of the molecule is CN1CC(C#N)(S(=O)(=O)C[C@](C)(N[S@+]([O-])C(C)(C)C)c2cc([N+](=O)[O-])ccc2F)C1. The lowest BCUT2D eigenvalue weighted by atomic mass is 9.94. The van der Waals surface area contributed by atoms with Crippen molar-refractivity contribution in [1.29, 1.82) is 5.26 Å². The number of sulfone groups is 1. The van der Waals surface area contributed by atoms with Crippen molar-refractivity contribution >= 4 is 26.9 Å². The molecular formula is C18H25FN4O5S2. The third-order valence-electron chi connectivity index (χ3n) is 4.96. The molecule has 1 aromatic carbocycles. The van der Waals surface area contributed by atoms with E-state index in [1.165, 1.54) is 6.92 Å². The van der Waals surface area contributed by atoms with Gasteiger partial charge in [0.1, 0.15) is 16.1 Å². The number of benzene rings is 1. The summed E-state index contributed by atoms with van der Waals surface area (Å²) in [5.41, 5.74) is -2.53. The normalized spacial score (nSPS) is 19.9. The fourth-order valence-electron chi connectivity index (χ4n) is 3.25. The maximum atomic E-state index is 14.8. The van der Waals surface area contributed by atoms with Crippen molar-refractivity contribution in [3.8, 4) is 6.07 Å². The van der Waals surface area contributed by atoms with Crippen molar-refractivity contribution < 1.29 is 22.3 Å². The standard InChI is InChI=1S/C18H25FN4O5S2/c1-16(2,3)29(26)21-17(4,14-8-13(23(24)25)6-7-15(14)19)12-30(27,28)18(9-20)10-22(5)11-18/h6-8,21H,10-12H2,1-5H3/t17-,29+/m0/s1. The average molecular weight is 461 g/mol. The second-order valence-corrected chi connectivity index (χ2v) is 13.0. The zero-order valence-electron chi connectivity index (χ0n) is 17.4. The predicted octanol–water partition coefficient (Wildman–Crippen LogP) is 1.62. The Morgan fingerprint density at radius 3 is 2.37 bits per heavy atom. The van der Waals surface area contributed by atoms with E-state index < -0.39 is 58.4 Å². The first kappa shape index (κ1) is 24.5. The van der Waals surface area contributed by atoms with Gasteiger partial charge in [0.05, 0.1) is 16.7 Å². The second kappa shape index (κ2) is 8.05. The molecule has 0 amide bonds. The van der Waals surface area contributed by atoms with Gasteiger partial charge >= 0.3 is 0 Å². The molecule has 1 saturated heterocycles. The Balaban J connectivity index is 2.60. The Labute approximate surface area is 178 Å². The number of hydrogen-bond donors (Lipinski definition) is 1. The number of halogens is 1. The number of likely N-dealkylation sites (tertiary alicyclic amines) is 1. The molecule has 0 aliphatic carbocycles. The van der Waals surface area contributed by atoms with Gasteiger partial charge in [-0.3, -0.25) is 10.1 Å². The van der Waals surface area contributed by atoms with E-state index in [0.29, 0.717) is 0 Å².